The molecule has 54 heavy (non-hydrogen) atoms. The number of esters is 2. The minimum absolute atomic E-state index is 0.0361. The Bertz CT molecular complexity index is 1780. The fourth-order valence-electron chi connectivity index (χ4n) is 5.11. The third kappa shape index (κ3) is 14.9. The fourth-order valence-corrected chi connectivity index (χ4v) is 5.11. The molecule has 0 fully saturated rings. The Morgan fingerprint density at radius 2 is 1.30 bits per heavy atom. The summed E-state index contributed by atoms with van der Waals surface area (Å²) in [6.07, 6.45) is 0.766. The summed E-state index contributed by atoms with van der Waals surface area (Å²) in [4.78, 5) is 36.0. The van der Waals surface area contributed by atoms with Crippen LogP contribution in [0, 0.1) is 13.8 Å². The van der Waals surface area contributed by atoms with Crippen LogP contribution in [0.25, 0.3) is 6.08 Å². The molecule has 4 aromatic rings. The molecule has 0 aliphatic rings. The first kappa shape index (κ1) is 43.0. The van der Waals surface area contributed by atoms with Crippen LogP contribution in [0.3, 0.4) is 0 Å². The number of ether oxygens (including phenoxy) is 6. The highest BCUT2D eigenvalue weighted by atomic mass is 16.6. The van der Waals surface area contributed by atoms with E-state index in [4.69, 9.17) is 28.4 Å². The van der Waals surface area contributed by atoms with Crippen molar-refractivity contribution in [2.75, 3.05) is 39.6 Å². The molecule has 4 aromatic carbocycles. The molecular formula is C44H52O10. The number of carbonyl (C=O) groups is 3. The van der Waals surface area contributed by atoms with Gasteiger partial charge in [-0.1, -0.05) is 77.9 Å². The van der Waals surface area contributed by atoms with Crippen LogP contribution in [0.5, 0.6) is 11.5 Å². The second-order valence-corrected chi connectivity index (χ2v) is 12.1. The van der Waals surface area contributed by atoms with Crippen LogP contribution in [0.2, 0.25) is 0 Å². The lowest BCUT2D eigenvalue weighted by Gasteiger charge is -2.16. The minimum atomic E-state index is -0.685. The quantitative estimate of drug-likeness (QED) is 0.0440. The highest BCUT2D eigenvalue weighted by molar-refractivity contribution is 5.97. The Balaban J connectivity index is 0.000000290. The zero-order valence-electron chi connectivity index (χ0n) is 32.0. The Morgan fingerprint density at radius 3 is 1.91 bits per heavy atom. The Kier molecular flexibility index (Phi) is 18.5. The van der Waals surface area contributed by atoms with Crippen molar-refractivity contribution in [3.05, 3.63) is 136 Å². The number of aryl methyl sites for hydroxylation is 2. The second-order valence-electron chi connectivity index (χ2n) is 12.1. The Hall–Kier alpha value is -5.45. The molecule has 0 heterocycles. The van der Waals surface area contributed by atoms with E-state index in [1.165, 1.54) is 0 Å². The molecule has 0 bridgehead atoms. The lowest BCUT2D eigenvalue weighted by Crippen LogP contribution is -2.28. The molecule has 2 unspecified atom stereocenters. The predicted octanol–water partition coefficient (Wildman–Crippen LogP) is 7.82. The summed E-state index contributed by atoms with van der Waals surface area (Å²) in [5, 5.41) is 10.3. The average molecular weight is 741 g/mol. The van der Waals surface area contributed by atoms with E-state index in [0.717, 1.165) is 27.8 Å². The molecule has 0 radical (unpaired) electrons. The summed E-state index contributed by atoms with van der Waals surface area (Å²) >= 11 is 0. The van der Waals surface area contributed by atoms with Gasteiger partial charge in [-0.2, -0.15) is 0 Å². The fraction of sp³-hybridized carbons (Fsp3) is 0.341. The molecule has 2 atom stereocenters. The van der Waals surface area contributed by atoms with Gasteiger partial charge in [0.05, 0.1) is 19.8 Å². The van der Waals surface area contributed by atoms with Crippen LogP contribution >= 0.6 is 0 Å². The van der Waals surface area contributed by atoms with Crippen LogP contribution < -0.4 is 9.47 Å². The maximum absolute atomic E-state index is 12.2. The van der Waals surface area contributed by atoms with Gasteiger partial charge < -0.3 is 33.5 Å². The van der Waals surface area contributed by atoms with Crippen molar-refractivity contribution in [3.8, 4) is 11.5 Å². The maximum atomic E-state index is 12.2. The highest BCUT2D eigenvalue weighted by Crippen LogP contribution is 2.20. The van der Waals surface area contributed by atoms with Crippen molar-refractivity contribution in [2.24, 2.45) is 0 Å². The lowest BCUT2D eigenvalue weighted by molar-refractivity contribution is -0.156. The molecule has 0 amide bonds. The number of ketones is 1. The largest absolute Gasteiger partial charge is 0.491 e. The number of Topliss-reactive ketones (excluding diaryl/α,β-unsaturated/α-hetero) is 1. The number of hydrogen-bond donors (Lipinski definition) is 1. The summed E-state index contributed by atoms with van der Waals surface area (Å²) < 4.78 is 32.1. The molecule has 0 aliphatic carbocycles. The van der Waals surface area contributed by atoms with Gasteiger partial charge in [-0.15, -0.1) is 0 Å². The molecule has 0 aromatic heterocycles. The van der Waals surface area contributed by atoms with Crippen molar-refractivity contribution >= 4 is 23.8 Å². The summed E-state index contributed by atoms with van der Waals surface area (Å²) in [5.41, 5.74) is 5.31. The second kappa shape index (κ2) is 23.3. The summed E-state index contributed by atoms with van der Waals surface area (Å²) in [7, 11) is 0. The first-order valence-electron chi connectivity index (χ1n) is 18.2. The van der Waals surface area contributed by atoms with Gasteiger partial charge in [-0.3, -0.25) is 4.79 Å². The van der Waals surface area contributed by atoms with Crippen LogP contribution in [0.4, 0.5) is 0 Å². The molecule has 10 nitrogen and oxygen atoms in total. The van der Waals surface area contributed by atoms with E-state index in [9.17, 15) is 19.5 Å². The first-order chi connectivity index (χ1) is 26.1. The van der Waals surface area contributed by atoms with Crippen molar-refractivity contribution < 1.29 is 47.9 Å². The minimum Gasteiger partial charge on any atom is -0.491 e. The monoisotopic (exact) mass is 740 g/mol. The SMILES string of the molecule is CCOC(=O)/C(=C/c1ccc(OCC(=O)c2cccc(C)c2)cc1)OCC.CCOC(=O)C(Cc1ccc(OCC(O)c2cccc(C)c2)cc1)OCC. The van der Waals surface area contributed by atoms with E-state index < -0.39 is 18.2 Å². The summed E-state index contributed by atoms with van der Waals surface area (Å²) in [6.45, 7) is 12.7. The predicted molar refractivity (Wildman–Crippen MR) is 208 cm³/mol. The Morgan fingerprint density at radius 1 is 0.685 bits per heavy atom. The standard InChI is InChI=1S/C22H28O5.C22H24O5/c2*1-4-25-21(22(24)26-5-2)14-17-9-11-19(12-10-17)27-15-20(23)18-8-6-7-16(3)13-18/h6-13,20-21,23H,4-5,14-15H2,1-3H3;6-14H,4-5,15H2,1-3H3/b;21-14-. The topological polar surface area (TPSA) is 127 Å². The lowest BCUT2D eigenvalue weighted by atomic mass is 10.1. The number of rotatable bonds is 19. The van der Waals surface area contributed by atoms with Crippen LogP contribution in [-0.4, -0.2) is 68.6 Å². The molecule has 1 N–H and O–H groups in total. The van der Waals surface area contributed by atoms with Crippen LogP contribution in [-0.2, 0) is 35.0 Å². The third-order valence-corrected chi connectivity index (χ3v) is 7.76. The van der Waals surface area contributed by atoms with Crippen LogP contribution in [0.1, 0.15) is 72.0 Å². The van der Waals surface area contributed by atoms with Crippen molar-refractivity contribution in [3.63, 3.8) is 0 Å². The van der Waals surface area contributed by atoms with Crippen molar-refractivity contribution in [2.45, 2.75) is 60.2 Å². The zero-order chi connectivity index (χ0) is 39.3. The number of benzene rings is 4. The van der Waals surface area contributed by atoms with Gasteiger partial charge in [0.2, 0.25) is 5.76 Å². The molecule has 0 aliphatic heterocycles. The smallest absolute Gasteiger partial charge is 0.373 e. The van der Waals surface area contributed by atoms with E-state index in [0.29, 0.717) is 43.3 Å². The Labute approximate surface area is 318 Å². The zero-order valence-corrected chi connectivity index (χ0v) is 32.0. The average Bonchev–Trinajstić information content (AvgIpc) is 3.17. The van der Waals surface area contributed by atoms with E-state index in [2.05, 4.69) is 0 Å². The van der Waals surface area contributed by atoms with E-state index in [1.54, 1.807) is 57.2 Å². The van der Waals surface area contributed by atoms with Gasteiger partial charge in [0.25, 0.3) is 0 Å². The molecule has 4 rings (SSSR count). The van der Waals surface area contributed by atoms with Gasteiger partial charge in [0.15, 0.2) is 18.5 Å². The molecular weight excluding hydrogens is 688 g/mol. The molecule has 10 heteroatoms. The summed E-state index contributed by atoms with van der Waals surface area (Å²) in [6, 6.07) is 29.6. The number of carbonyl (C=O) groups excluding carboxylic acids is 3. The third-order valence-electron chi connectivity index (χ3n) is 7.76. The van der Waals surface area contributed by atoms with Crippen LogP contribution in [0.15, 0.2) is 103 Å². The first-order valence-corrected chi connectivity index (χ1v) is 18.2. The molecule has 0 saturated carbocycles. The molecule has 0 spiro atoms. The number of aliphatic hydroxyl groups is 1. The van der Waals surface area contributed by atoms with Gasteiger partial charge >= 0.3 is 11.9 Å². The number of aliphatic hydroxyl groups excluding tert-OH is 1. The van der Waals surface area contributed by atoms with E-state index in [1.807, 2.05) is 87.5 Å². The van der Waals surface area contributed by atoms with Gasteiger partial charge in [0, 0.05) is 18.6 Å². The van der Waals surface area contributed by atoms with Gasteiger partial charge in [-0.05, 0) is 94.6 Å². The normalized spacial score (nSPS) is 12.0. The number of hydrogen-bond acceptors (Lipinski definition) is 10. The van der Waals surface area contributed by atoms with E-state index in [-0.39, 0.29) is 37.3 Å². The van der Waals surface area contributed by atoms with E-state index >= 15 is 0 Å². The maximum Gasteiger partial charge on any atom is 0.373 e. The highest BCUT2D eigenvalue weighted by Gasteiger charge is 2.20. The van der Waals surface area contributed by atoms with Crippen molar-refractivity contribution in [1.29, 1.82) is 0 Å². The molecule has 288 valence electrons. The summed E-state index contributed by atoms with van der Waals surface area (Å²) in [5.74, 6) is 0.465. The van der Waals surface area contributed by atoms with Gasteiger partial charge in [-0.25, -0.2) is 9.59 Å². The van der Waals surface area contributed by atoms with Gasteiger partial charge in [0.1, 0.15) is 24.2 Å². The van der Waals surface area contributed by atoms with Crippen molar-refractivity contribution in [1.82, 2.24) is 0 Å². The molecule has 0 saturated heterocycles.